The summed E-state index contributed by atoms with van der Waals surface area (Å²) >= 11 is 6.01. The van der Waals surface area contributed by atoms with Crippen molar-refractivity contribution in [2.24, 2.45) is 0 Å². The third kappa shape index (κ3) is 4.19. The minimum absolute atomic E-state index is 0.224. The Bertz CT molecular complexity index is 1370. The second kappa shape index (κ2) is 8.67. The van der Waals surface area contributed by atoms with Crippen LogP contribution in [0.15, 0.2) is 60.8 Å². The van der Waals surface area contributed by atoms with Gasteiger partial charge >= 0.3 is 12.1 Å². The van der Waals surface area contributed by atoms with Crippen LogP contribution in [0.5, 0.6) is 0 Å². The molecule has 10 heteroatoms. The number of carbonyl (C=O) groups excluding carboxylic acids is 2. The molecule has 0 radical (unpaired) electrons. The molecule has 0 saturated carbocycles. The highest BCUT2D eigenvalue weighted by Gasteiger charge is 2.37. The van der Waals surface area contributed by atoms with Crippen LogP contribution in [0.3, 0.4) is 0 Å². The number of carbonyl (C=O) groups is 2. The SMILES string of the molecule is CCOC(=O)c1ccc(-n2nc(C(=O)c3c(Cl)cccc3C(F)(F)F)c3cccnc32)cc1. The number of nitrogens with zero attached hydrogens (tertiary/aromatic N) is 3. The van der Waals surface area contributed by atoms with Crippen LogP contribution < -0.4 is 0 Å². The molecule has 0 aliphatic heterocycles. The van der Waals surface area contributed by atoms with Crippen molar-refractivity contribution in [3.05, 3.63) is 88.2 Å². The van der Waals surface area contributed by atoms with Gasteiger partial charge in [-0.15, -0.1) is 0 Å². The number of fused-ring (bicyclic) bond motifs is 1. The summed E-state index contributed by atoms with van der Waals surface area (Å²) in [5.41, 5.74) is -1.05. The smallest absolute Gasteiger partial charge is 0.417 e. The third-order valence-corrected chi connectivity index (χ3v) is 5.14. The van der Waals surface area contributed by atoms with E-state index >= 15 is 0 Å². The quantitative estimate of drug-likeness (QED) is 0.282. The number of rotatable bonds is 5. The maximum Gasteiger partial charge on any atom is 0.417 e. The van der Waals surface area contributed by atoms with Crippen molar-refractivity contribution in [2.45, 2.75) is 13.1 Å². The molecule has 0 amide bonds. The van der Waals surface area contributed by atoms with Crippen LogP contribution in [0.2, 0.25) is 5.02 Å². The molecule has 0 aliphatic carbocycles. The Morgan fingerprint density at radius 2 is 1.79 bits per heavy atom. The van der Waals surface area contributed by atoms with Gasteiger partial charge in [0.25, 0.3) is 0 Å². The Kier molecular flexibility index (Phi) is 5.90. The Hall–Kier alpha value is -3.72. The van der Waals surface area contributed by atoms with Crippen molar-refractivity contribution in [3.8, 4) is 5.69 Å². The lowest BCUT2D eigenvalue weighted by molar-refractivity contribution is -0.137. The zero-order valence-corrected chi connectivity index (χ0v) is 17.8. The van der Waals surface area contributed by atoms with Gasteiger partial charge in [-0.2, -0.15) is 18.3 Å². The number of benzene rings is 2. The molecular formula is C23H15ClF3N3O3. The monoisotopic (exact) mass is 473 g/mol. The molecule has 4 rings (SSSR count). The first-order valence-corrected chi connectivity index (χ1v) is 10.1. The van der Waals surface area contributed by atoms with Crippen molar-refractivity contribution < 1.29 is 27.5 Å². The predicted octanol–water partition coefficient (Wildman–Crippen LogP) is 5.50. The summed E-state index contributed by atoms with van der Waals surface area (Å²) in [4.78, 5) is 29.4. The number of hydrogen-bond acceptors (Lipinski definition) is 5. The molecule has 0 spiro atoms. The van der Waals surface area contributed by atoms with Crippen LogP contribution in [-0.2, 0) is 10.9 Å². The fourth-order valence-electron chi connectivity index (χ4n) is 3.36. The molecule has 0 unspecified atom stereocenters. The fourth-order valence-corrected chi connectivity index (χ4v) is 3.62. The first-order valence-electron chi connectivity index (χ1n) is 9.74. The van der Waals surface area contributed by atoms with Gasteiger partial charge in [0, 0.05) is 6.20 Å². The number of ether oxygens (including phenoxy) is 1. The van der Waals surface area contributed by atoms with Crippen LogP contribution in [0.1, 0.15) is 38.9 Å². The van der Waals surface area contributed by atoms with E-state index in [2.05, 4.69) is 10.1 Å². The average molecular weight is 474 g/mol. The molecule has 0 atom stereocenters. The van der Waals surface area contributed by atoms with Crippen LogP contribution in [0.4, 0.5) is 13.2 Å². The van der Waals surface area contributed by atoms with E-state index in [9.17, 15) is 22.8 Å². The van der Waals surface area contributed by atoms with Crippen molar-refractivity contribution >= 4 is 34.4 Å². The summed E-state index contributed by atoms with van der Waals surface area (Å²) in [6.45, 7) is 1.91. The van der Waals surface area contributed by atoms with Gasteiger partial charge in [0.05, 0.1) is 39.4 Å². The predicted molar refractivity (Wildman–Crippen MR) is 115 cm³/mol. The maximum absolute atomic E-state index is 13.6. The summed E-state index contributed by atoms with van der Waals surface area (Å²) in [6.07, 6.45) is -3.31. The molecule has 0 aliphatic rings. The Balaban J connectivity index is 1.85. The summed E-state index contributed by atoms with van der Waals surface area (Å²) in [6, 6.07) is 12.4. The number of alkyl halides is 3. The Morgan fingerprint density at radius 3 is 2.45 bits per heavy atom. The van der Waals surface area contributed by atoms with E-state index in [0.29, 0.717) is 11.3 Å². The summed E-state index contributed by atoms with van der Waals surface area (Å²) < 4.78 is 47.0. The van der Waals surface area contributed by atoms with Gasteiger partial charge < -0.3 is 4.74 Å². The summed E-state index contributed by atoms with van der Waals surface area (Å²) in [5, 5.41) is 4.19. The van der Waals surface area contributed by atoms with E-state index < -0.39 is 29.1 Å². The van der Waals surface area contributed by atoms with Gasteiger partial charge in [-0.05, 0) is 55.5 Å². The molecule has 33 heavy (non-hydrogen) atoms. The maximum atomic E-state index is 13.6. The molecule has 0 saturated heterocycles. The lowest BCUT2D eigenvalue weighted by Crippen LogP contribution is -2.15. The number of pyridine rings is 1. The number of esters is 1. The third-order valence-electron chi connectivity index (χ3n) is 4.83. The Morgan fingerprint density at radius 1 is 1.06 bits per heavy atom. The first-order chi connectivity index (χ1) is 15.7. The van der Waals surface area contributed by atoms with Crippen LogP contribution in [0.25, 0.3) is 16.7 Å². The molecule has 0 bridgehead atoms. The minimum atomic E-state index is -4.78. The molecule has 2 aromatic carbocycles. The largest absolute Gasteiger partial charge is 0.462 e. The highest BCUT2D eigenvalue weighted by molar-refractivity contribution is 6.35. The van der Waals surface area contributed by atoms with Crippen molar-refractivity contribution in [1.82, 2.24) is 14.8 Å². The second-order valence-electron chi connectivity index (χ2n) is 6.89. The lowest BCUT2D eigenvalue weighted by Gasteiger charge is -2.12. The molecule has 2 heterocycles. The van der Waals surface area contributed by atoms with Gasteiger partial charge in [-0.1, -0.05) is 17.7 Å². The molecule has 2 aromatic heterocycles. The Labute approximate surface area is 190 Å². The number of ketones is 1. The second-order valence-corrected chi connectivity index (χ2v) is 7.30. The van der Waals surface area contributed by atoms with Crippen LogP contribution in [-0.4, -0.2) is 33.1 Å². The highest BCUT2D eigenvalue weighted by Crippen LogP contribution is 2.37. The molecule has 6 nitrogen and oxygen atoms in total. The normalized spacial score (nSPS) is 11.5. The van der Waals surface area contributed by atoms with E-state index in [4.69, 9.17) is 16.3 Å². The zero-order valence-electron chi connectivity index (χ0n) is 17.1. The van der Waals surface area contributed by atoms with Crippen LogP contribution in [0, 0.1) is 0 Å². The number of halogens is 4. The van der Waals surface area contributed by atoms with E-state index in [1.807, 2.05) is 0 Å². The van der Waals surface area contributed by atoms with Crippen molar-refractivity contribution in [3.63, 3.8) is 0 Å². The summed E-state index contributed by atoms with van der Waals surface area (Å²) in [5.74, 6) is -1.48. The highest BCUT2D eigenvalue weighted by atomic mass is 35.5. The lowest BCUT2D eigenvalue weighted by atomic mass is 10.00. The topological polar surface area (TPSA) is 74.1 Å². The summed E-state index contributed by atoms with van der Waals surface area (Å²) in [7, 11) is 0. The standard InChI is InChI=1S/C23H15ClF3N3O3/c1-2-33-22(32)13-8-10-14(11-9-13)30-21-15(5-4-12-28-21)19(29-30)20(31)18-16(23(25,26)27)6-3-7-17(18)24/h3-12H,2H2,1H3. The zero-order chi connectivity index (χ0) is 23.8. The number of aromatic nitrogens is 3. The first kappa shape index (κ1) is 22.5. The fraction of sp³-hybridized carbons (Fsp3) is 0.130. The average Bonchev–Trinajstić information content (AvgIpc) is 3.18. The van der Waals surface area contributed by atoms with Gasteiger partial charge in [0.15, 0.2) is 5.65 Å². The molecule has 0 fully saturated rings. The number of hydrogen-bond donors (Lipinski definition) is 0. The van der Waals surface area contributed by atoms with E-state index in [-0.39, 0.29) is 28.4 Å². The molecule has 0 N–H and O–H groups in total. The van der Waals surface area contributed by atoms with Gasteiger partial charge in [-0.25, -0.2) is 14.5 Å². The van der Waals surface area contributed by atoms with Gasteiger partial charge in [-0.3, -0.25) is 4.79 Å². The van der Waals surface area contributed by atoms with E-state index in [1.54, 1.807) is 25.1 Å². The van der Waals surface area contributed by atoms with Crippen molar-refractivity contribution in [1.29, 1.82) is 0 Å². The van der Waals surface area contributed by atoms with Gasteiger partial charge in [0.1, 0.15) is 5.69 Å². The molecule has 168 valence electrons. The molecular weight excluding hydrogens is 459 g/mol. The van der Waals surface area contributed by atoms with Gasteiger partial charge in [0.2, 0.25) is 5.78 Å². The van der Waals surface area contributed by atoms with E-state index in [0.717, 1.165) is 12.1 Å². The minimum Gasteiger partial charge on any atom is -0.462 e. The van der Waals surface area contributed by atoms with E-state index in [1.165, 1.54) is 35.1 Å². The molecule has 4 aromatic rings. The van der Waals surface area contributed by atoms with Crippen LogP contribution >= 0.6 is 11.6 Å². The van der Waals surface area contributed by atoms with Crippen molar-refractivity contribution in [2.75, 3.05) is 6.61 Å².